The van der Waals surface area contributed by atoms with Crippen molar-refractivity contribution >= 4 is 22.4 Å². The summed E-state index contributed by atoms with van der Waals surface area (Å²) in [5.74, 6) is 0.0151. The topological polar surface area (TPSA) is 78.1 Å². The molecule has 1 aromatic heterocycles. The number of aromatic amines is 1. The van der Waals surface area contributed by atoms with E-state index in [2.05, 4.69) is 34.5 Å². The number of hydrogen-bond acceptors (Lipinski definition) is 4. The first-order valence-electron chi connectivity index (χ1n) is 9.57. The molecule has 2 aromatic carbocycles. The number of carbonyl (C=O) groups is 1. The number of benzene rings is 2. The predicted octanol–water partition coefficient (Wildman–Crippen LogP) is 3.65. The van der Waals surface area contributed by atoms with Crippen molar-refractivity contribution in [3.05, 3.63) is 58.9 Å². The molecule has 1 amide bonds. The van der Waals surface area contributed by atoms with Crippen LogP contribution in [0.4, 0.5) is 5.69 Å². The van der Waals surface area contributed by atoms with Crippen molar-refractivity contribution in [1.82, 2.24) is 15.1 Å². The third-order valence-corrected chi connectivity index (χ3v) is 4.62. The van der Waals surface area contributed by atoms with Crippen molar-refractivity contribution in [3.8, 4) is 11.3 Å². The van der Waals surface area contributed by atoms with Crippen molar-refractivity contribution < 1.29 is 4.79 Å². The van der Waals surface area contributed by atoms with Gasteiger partial charge in [0, 0.05) is 23.1 Å². The Morgan fingerprint density at radius 3 is 2.61 bits per heavy atom. The molecule has 3 rings (SSSR count). The third kappa shape index (κ3) is 5.04. The first-order valence-corrected chi connectivity index (χ1v) is 9.57. The number of nitrogens with zero attached hydrogens (tertiary/aromatic N) is 2. The van der Waals surface area contributed by atoms with Crippen LogP contribution in [-0.2, 0) is 4.79 Å². The molecule has 0 spiro atoms. The van der Waals surface area contributed by atoms with Gasteiger partial charge in [0.2, 0.25) is 5.91 Å². The van der Waals surface area contributed by atoms with E-state index in [1.165, 1.54) is 0 Å². The van der Waals surface area contributed by atoms with Crippen LogP contribution in [0.15, 0.2) is 53.3 Å². The van der Waals surface area contributed by atoms with E-state index in [4.69, 9.17) is 0 Å². The minimum Gasteiger partial charge on any atom is -0.326 e. The van der Waals surface area contributed by atoms with E-state index in [1.807, 2.05) is 42.5 Å². The normalized spacial score (nSPS) is 11.1. The van der Waals surface area contributed by atoms with Gasteiger partial charge >= 0.3 is 0 Å². The highest BCUT2D eigenvalue weighted by molar-refractivity contribution is 5.95. The number of fused-ring (bicyclic) bond motifs is 1. The van der Waals surface area contributed by atoms with E-state index in [0.717, 1.165) is 42.4 Å². The third-order valence-electron chi connectivity index (χ3n) is 4.62. The Kier molecular flexibility index (Phi) is 6.55. The molecule has 2 N–H and O–H groups in total. The lowest BCUT2D eigenvalue weighted by atomic mass is 10.0. The van der Waals surface area contributed by atoms with Gasteiger partial charge in [-0.05, 0) is 51.7 Å². The lowest BCUT2D eigenvalue weighted by Crippen LogP contribution is -2.14. The summed E-state index contributed by atoms with van der Waals surface area (Å²) in [4.78, 5) is 26.4. The van der Waals surface area contributed by atoms with Crippen LogP contribution >= 0.6 is 0 Å². The van der Waals surface area contributed by atoms with Crippen molar-refractivity contribution in [3.63, 3.8) is 0 Å². The van der Waals surface area contributed by atoms with Gasteiger partial charge in [0.15, 0.2) is 0 Å². The van der Waals surface area contributed by atoms with Gasteiger partial charge in [0.1, 0.15) is 0 Å². The predicted molar refractivity (Wildman–Crippen MR) is 113 cm³/mol. The molecule has 0 aliphatic rings. The molecule has 0 aliphatic heterocycles. The molecular weight excluding hydrogens is 352 g/mol. The van der Waals surface area contributed by atoms with E-state index in [9.17, 15) is 9.59 Å². The summed E-state index contributed by atoms with van der Waals surface area (Å²) in [6.07, 6.45) is 3.53. The van der Waals surface area contributed by atoms with Gasteiger partial charge in [0.05, 0.1) is 11.1 Å². The summed E-state index contributed by atoms with van der Waals surface area (Å²) in [7, 11) is 4.11. The second-order valence-corrected chi connectivity index (χ2v) is 7.19. The van der Waals surface area contributed by atoms with Crippen LogP contribution in [0.2, 0.25) is 0 Å². The number of unbranched alkanes of at least 4 members (excludes halogenated alkanes) is 2. The van der Waals surface area contributed by atoms with E-state index in [0.29, 0.717) is 17.5 Å². The number of carbonyl (C=O) groups excluding carboxylic acids is 1. The van der Waals surface area contributed by atoms with Gasteiger partial charge in [-0.25, -0.2) is 5.10 Å². The van der Waals surface area contributed by atoms with E-state index >= 15 is 0 Å². The monoisotopic (exact) mass is 378 g/mol. The Morgan fingerprint density at radius 2 is 1.82 bits per heavy atom. The highest BCUT2D eigenvalue weighted by atomic mass is 16.1. The Morgan fingerprint density at radius 1 is 1.04 bits per heavy atom. The zero-order valence-electron chi connectivity index (χ0n) is 16.4. The van der Waals surface area contributed by atoms with Crippen LogP contribution in [0.1, 0.15) is 25.7 Å². The first kappa shape index (κ1) is 19.8. The zero-order valence-corrected chi connectivity index (χ0v) is 16.4. The van der Waals surface area contributed by atoms with Crippen molar-refractivity contribution in [2.45, 2.75) is 25.7 Å². The van der Waals surface area contributed by atoms with Crippen LogP contribution < -0.4 is 10.9 Å². The number of hydrogen-bond donors (Lipinski definition) is 2. The van der Waals surface area contributed by atoms with Crippen molar-refractivity contribution in [2.75, 3.05) is 26.0 Å². The fourth-order valence-electron chi connectivity index (χ4n) is 3.19. The van der Waals surface area contributed by atoms with Gasteiger partial charge in [-0.1, -0.05) is 36.8 Å². The summed E-state index contributed by atoms with van der Waals surface area (Å²) in [5.41, 5.74) is 2.05. The minimum absolute atomic E-state index is 0.0151. The molecule has 0 radical (unpaired) electrons. The second-order valence-electron chi connectivity index (χ2n) is 7.19. The molecule has 0 unspecified atom stereocenters. The van der Waals surface area contributed by atoms with Crippen LogP contribution in [0.25, 0.3) is 22.0 Å². The Hall–Kier alpha value is -2.99. The quantitative estimate of drug-likeness (QED) is 0.587. The molecule has 0 saturated carbocycles. The van der Waals surface area contributed by atoms with Crippen LogP contribution in [0.5, 0.6) is 0 Å². The maximum Gasteiger partial charge on any atom is 0.272 e. The van der Waals surface area contributed by atoms with Crippen molar-refractivity contribution in [2.24, 2.45) is 0 Å². The average molecular weight is 378 g/mol. The van der Waals surface area contributed by atoms with Crippen molar-refractivity contribution in [1.29, 1.82) is 0 Å². The highest BCUT2D eigenvalue weighted by Crippen LogP contribution is 2.26. The molecule has 6 nitrogen and oxygen atoms in total. The van der Waals surface area contributed by atoms with Crippen LogP contribution in [0.3, 0.4) is 0 Å². The van der Waals surface area contributed by atoms with Gasteiger partial charge < -0.3 is 10.2 Å². The van der Waals surface area contributed by atoms with Gasteiger partial charge in [-0.15, -0.1) is 0 Å². The number of amides is 1. The molecule has 146 valence electrons. The second kappa shape index (κ2) is 9.28. The van der Waals surface area contributed by atoms with Gasteiger partial charge in [-0.2, -0.15) is 5.10 Å². The number of rotatable bonds is 8. The van der Waals surface area contributed by atoms with Crippen LogP contribution in [0, 0.1) is 0 Å². The molecule has 0 aliphatic carbocycles. The maximum atomic E-state index is 12.2. The van der Waals surface area contributed by atoms with Crippen LogP contribution in [-0.4, -0.2) is 41.6 Å². The number of aromatic nitrogens is 2. The fraction of sp³-hybridized carbons (Fsp3) is 0.318. The standard InChI is InChI=1S/C22H26N4O2/c1-26(2)14-7-3-4-13-20(27)23-17-10-8-9-16(15-17)21-18-11-5-6-12-19(18)22(28)25-24-21/h5-6,8-12,15H,3-4,7,13-14H2,1-2H3,(H,23,27)(H,25,28). The number of H-pyrrole nitrogens is 1. The lowest BCUT2D eigenvalue weighted by molar-refractivity contribution is -0.116. The van der Waals surface area contributed by atoms with E-state index in [1.54, 1.807) is 6.07 Å². The molecule has 28 heavy (non-hydrogen) atoms. The highest BCUT2D eigenvalue weighted by Gasteiger charge is 2.10. The average Bonchev–Trinajstić information content (AvgIpc) is 2.68. The van der Waals surface area contributed by atoms with E-state index < -0.39 is 0 Å². The smallest absolute Gasteiger partial charge is 0.272 e. The molecule has 0 fully saturated rings. The number of nitrogens with one attached hydrogen (secondary N) is 2. The number of anilines is 1. The van der Waals surface area contributed by atoms with E-state index in [-0.39, 0.29) is 11.5 Å². The Bertz CT molecular complexity index is 1010. The summed E-state index contributed by atoms with van der Waals surface area (Å²) in [6, 6.07) is 14.9. The molecule has 3 aromatic rings. The van der Waals surface area contributed by atoms with Gasteiger partial charge in [-0.3, -0.25) is 9.59 Å². The summed E-state index contributed by atoms with van der Waals surface area (Å²) < 4.78 is 0. The molecular formula is C22H26N4O2. The Balaban J connectivity index is 1.69. The summed E-state index contributed by atoms with van der Waals surface area (Å²) in [6.45, 7) is 1.05. The largest absolute Gasteiger partial charge is 0.326 e. The molecule has 6 heteroatoms. The lowest BCUT2D eigenvalue weighted by Gasteiger charge is -2.10. The fourth-order valence-corrected chi connectivity index (χ4v) is 3.19. The minimum atomic E-state index is -0.210. The van der Waals surface area contributed by atoms with Gasteiger partial charge in [0.25, 0.3) is 5.56 Å². The molecule has 0 saturated heterocycles. The summed E-state index contributed by atoms with van der Waals surface area (Å²) >= 11 is 0. The molecule has 0 bridgehead atoms. The molecule has 0 atom stereocenters. The SMILES string of the molecule is CN(C)CCCCCC(=O)Nc1cccc(-c2n[nH]c(=O)c3ccccc23)c1. The molecule has 1 heterocycles. The zero-order chi connectivity index (χ0) is 19.9. The Labute approximate surface area is 164 Å². The first-order chi connectivity index (χ1) is 13.5. The summed E-state index contributed by atoms with van der Waals surface area (Å²) in [5, 5.41) is 11.1. The maximum absolute atomic E-state index is 12.2.